The number of nitrogens with one attached hydrogen (secondary N) is 1. The predicted octanol–water partition coefficient (Wildman–Crippen LogP) is 1.33. The molecule has 2 fully saturated rings. The van der Waals surface area contributed by atoms with E-state index in [9.17, 15) is 4.79 Å². The van der Waals surface area contributed by atoms with Crippen LogP contribution in [-0.2, 0) is 9.53 Å². The molecule has 0 radical (unpaired) electrons. The van der Waals surface area contributed by atoms with Crippen LogP contribution in [0, 0.1) is 0 Å². The molecule has 0 unspecified atom stereocenters. The molecule has 4 nitrogen and oxygen atoms in total. The number of ether oxygens (including phenoxy) is 1. The lowest BCUT2D eigenvalue weighted by Crippen LogP contribution is -2.51. The third kappa shape index (κ3) is 3.42. The topological polar surface area (TPSA) is 64.3 Å². The number of carbonyl (C=O) groups excluding carboxylic acids is 1. The Balaban J connectivity index is 1.70. The molecule has 0 aromatic carbocycles. The van der Waals surface area contributed by atoms with Gasteiger partial charge in [0.1, 0.15) is 0 Å². The van der Waals surface area contributed by atoms with E-state index in [1.54, 1.807) is 7.11 Å². The van der Waals surface area contributed by atoms with E-state index in [1.165, 1.54) is 19.3 Å². The standard InChI is InChI=1S/C13H24N2O2/c1-17-11-7-10(8-11)15-12(16)9-13(14)5-3-2-4-6-13/h10-11H,2-9,14H2,1H3,(H,15,16). The molecule has 0 heterocycles. The van der Waals surface area contributed by atoms with Crippen LogP contribution in [-0.4, -0.2) is 30.7 Å². The summed E-state index contributed by atoms with van der Waals surface area (Å²) in [5.41, 5.74) is 6.02. The van der Waals surface area contributed by atoms with Crippen molar-refractivity contribution in [1.82, 2.24) is 5.32 Å². The van der Waals surface area contributed by atoms with Crippen LogP contribution in [0.25, 0.3) is 0 Å². The summed E-state index contributed by atoms with van der Waals surface area (Å²) in [6, 6.07) is 0.305. The molecular weight excluding hydrogens is 216 g/mol. The van der Waals surface area contributed by atoms with Crippen LogP contribution in [0.1, 0.15) is 51.4 Å². The highest BCUT2D eigenvalue weighted by atomic mass is 16.5. The fourth-order valence-corrected chi connectivity index (χ4v) is 2.91. The van der Waals surface area contributed by atoms with E-state index in [-0.39, 0.29) is 11.4 Å². The summed E-state index contributed by atoms with van der Waals surface area (Å²) in [5.74, 6) is 0.119. The van der Waals surface area contributed by atoms with E-state index in [0.717, 1.165) is 25.7 Å². The first-order valence-electron chi connectivity index (χ1n) is 6.72. The van der Waals surface area contributed by atoms with E-state index in [0.29, 0.717) is 18.6 Å². The molecule has 0 spiro atoms. The first kappa shape index (κ1) is 12.8. The molecule has 0 bridgehead atoms. The maximum atomic E-state index is 11.9. The van der Waals surface area contributed by atoms with Gasteiger partial charge in [-0.25, -0.2) is 0 Å². The second-order valence-corrected chi connectivity index (χ2v) is 5.69. The summed E-state index contributed by atoms with van der Waals surface area (Å²) in [5, 5.41) is 3.05. The van der Waals surface area contributed by atoms with Gasteiger partial charge in [0.2, 0.25) is 5.91 Å². The molecule has 2 aliphatic rings. The summed E-state index contributed by atoms with van der Waals surface area (Å²) < 4.78 is 5.19. The smallest absolute Gasteiger partial charge is 0.222 e. The van der Waals surface area contributed by atoms with Crippen LogP contribution in [0.5, 0.6) is 0 Å². The highest BCUT2D eigenvalue weighted by Gasteiger charge is 2.33. The Hall–Kier alpha value is -0.610. The third-order valence-electron chi connectivity index (χ3n) is 4.16. The molecule has 0 atom stereocenters. The molecule has 17 heavy (non-hydrogen) atoms. The van der Waals surface area contributed by atoms with Gasteiger partial charge in [0.05, 0.1) is 6.10 Å². The van der Waals surface area contributed by atoms with Crippen LogP contribution in [0.3, 0.4) is 0 Å². The number of carbonyl (C=O) groups is 1. The van der Waals surface area contributed by atoms with Crippen molar-refractivity contribution in [3.05, 3.63) is 0 Å². The predicted molar refractivity (Wildman–Crippen MR) is 66.6 cm³/mol. The van der Waals surface area contributed by atoms with Crippen molar-refractivity contribution in [2.24, 2.45) is 5.73 Å². The van der Waals surface area contributed by atoms with Gasteiger partial charge in [-0.3, -0.25) is 4.79 Å². The Morgan fingerprint density at radius 3 is 2.59 bits per heavy atom. The van der Waals surface area contributed by atoms with E-state index in [1.807, 2.05) is 0 Å². The fraction of sp³-hybridized carbons (Fsp3) is 0.923. The normalized spacial score (nSPS) is 31.6. The van der Waals surface area contributed by atoms with Gasteiger partial charge < -0.3 is 15.8 Å². The lowest BCUT2D eigenvalue weighted by atomic mass is 9.79. The van der Waals surface area contributed by atoms with Crippen LogP contribution in [0.2, 0.25) is 0 Å². The Morgan fingerprint density at radius 1 is 1.35 bits per heavy atom. The van der Waals surface area contributed by atoms with Gasteiger partial charge in [-0.1, -0.05) is 19.3 Å². The van der Waals surface area contributed by atoms with Gasteiger partial charge in [-0.05, 0) is 25.7 Å². The quantitative estimate of drug-likeness (QED) is 0.779. The van der Waals surface area contributed by atoms with Crippen LogP contribution < -0.4 is 11.1 Å². The molecule has 0 aromatic heterocycles. The molecule has 1 amide bonds. The van der Waals surface area contributed by atoms with Crippen molar-refractivity contribution in [1.29, 1.82) is 0 Å². The Morgan fingerprint density at radius 2 is 2.00 bits per heavy atom. The molecular formula is C13H24N2O2. The molecule has 98 valence electrons. The fourth-order valence-electron chi connectivity index (χ4n) is 2.91. The first-order chi connectivity index (χ1) is 8.11. The second kappa shape index (κ2) is 5.36. The van der Waals surface area contributed by atoms with E-state index in [2.05, 4.69) is 5.32 Å². The minimum absolute atomic E-state index is 0.119. The van der Waals surface area contributed by atoms with Crippen molar-refractivity contribution < 1.29 is 9.53 Å². The molecule has 3 N–H and O–H groups in total. The van der Waals surface area contributed by atoms with Gasteiger partial charge in [0.25, 0.3) is 0 Å². The highest BCUT2D eigenvalue weighted by molar-refractivity contribution is 5.77. The van der Waals surface area contributed by atoms with Gasteiger partial charge in [0, 0.05) is 25.1 Å². The maximum Gasteiger partial charge on any atom is 0.222 e. The highest BCUT2D eigenvalue weighted by Crippen LogP contribution is 2.29. The summed E-state index contributed by atoms with van der Waals surface area (Å²) in [7, 11) is 1.72. The van der Waals surface area contributed by atoms with Gasteiger partial charge in [-0.2, -0.15) is 0 Å². The molecule has 0 saturated heterocycles. The average Bonchev–Trinajstić information content (AvgIpc) is 2.23. The zero-order valence-corrected chi connectivity index (χ0v) is 10.7. The third-order valence-corrected chi connectivity index (χ3v) is 4.16. The Labute approximate surface area is 103 Å². The number of hydrogen-bond donors (Lipinski definition) is 2. The molecule has 4 heteroatoms. The van der Waals surface area contributed by atoms with E-state index in [4.69, 9.17) is 10.5 Å². The zero-order chi connectivity index (χ0) is 12.3. The zero-order valence-electron chi connectivity index (χ0n) is 10.7. The van der Waals surface area contributed by atoms with Gasteiger partial charge in [-0.15, -0.1) is 0 Å². The number of hydrogen-bond acceptors (Lipinski definition) is 3. The van der Waals surface area contributed by atoms with Crippen molar-refractivity contribution in [3.63, 3.8) is 0 Å². The monoisotopic (exact) mass is 240 g/mol. The molecule has 0 aromatic rings. The number of nitrogens with two attached hydrogens (primary N) is 1. The molecule has 0 aliphatic heterocycles. The van der Waals surface area contributed by atoms with E-state index >= 15 is 0 Å². The summed E-state index contributed by atoms with van der Waals surface area (Å²) >= 11 is 0. The minimum atomic E-state index is -0.243. The Kier molecular flexibility index (Phi) is 4.05. The Bertz CT molecular complexity index is 269. The van der Waals surface area contributed by atoms with Crippen molar-refractivity contribution >= 4 is 5.91 Å². The largest absolute Gasteiger partial charge is 0.381 e. The number of rotatable bonds is 4. The van der Waals surface area contributed by atoms with Gasteiger partial charge in [0.15, 0.2) is 0 Å². The van der Waals surface area contributed by atoms with Gasteiger partial charge >= 0.3 is 0 Å². The lowest BCUT2D eigenvalue weighted by molar-refractivity contribution is -0.124. The van der Waals surface area contributed by atoms with Crippen LogP contribution >= 0.6 is 0 Å². The van der Waals surface area contributed by atoms with E-state index < -0.39 is 0 Å². The van der Waals surface area contributed by atoms with Crippen LogP contribution in [0.15, 0.2) is 0 Å². The summed E-state index contributed by atoms with van der Waals surface area (Å²) in [6.45, 7) is 0. The summed E-state index contributed by atoms with van der Waals surface area (Å²) in [6.07, 6.45) is 8.29. The maximum absolute atomic E-state index is 11.9. The lowest BCUT2D eigenvalue weighted by Gasteiger charge is -2.37. The summed E-state index contributed by atoms with van der Waals surface area (Å²) in [4.78, 5) is 11.9. The number of methoxy groups -OCH3 is 1. The molecule has 2 aliphatic carbocycles. The van der Waals surface area contributed by atoms with Crippen molar-refractivity contribution in [3.8, 4) is 0 Å². The average molecular weight is 240 g/mol. The van der Waals surface area contributed by atoms with Crippen molar-refractivity contribution in [2.75, 3.05) is 7.11 Å². The SMILES string of the molecule is COC1CC(NC(=O)CC2(N)CCCCC2)C1. The number of amides is 1. The molecule has 2 rings (SSSR count). The minimum Gasteiger partial charge on any atom is -0.381 e. The van der Waals surface area contributed by atoms with Crippen molar-refractivity contribution in [2.45, 2.75) is 69.1 Å². The molecule has 2 saturated carbocycles. The first-order valence-corrected chi connectivity index (χ1v) is 6.72. The second-order valence-electron chi connectivity index (χ2n) is 5.69. The van der Waals surface area contributed by atoms with Crippen LogP contribution in [0.4, 0.5) is 0 Å².